The van der Waals surface area contributed by atoms with Gasteiger partial charge in [-0.25, -0.2) is 0 Å². The molecule has 0 aromatic rings. The van der Waals surface area contributed by atoms with Crippen molar-refractivity contribution in [2.75, 3.05) is 13.7 Å². The maximum atomic E-state index is 11.5. The number of amides is 1. The molecule has 0 saturated carbocycles. The number of nitrogens with one attached hydrogen (secondary N) is 1. The summed E-state index contributed by atoms with van der Waals surface area (Å²) in [6.45, 7) is 4.32. The Labute approximate surface area is 103 Å². The lowest BCUT2D eigenvalue weighted by Crippen LogP contribution is -2.34. The number of carboxylic acids is 1. The van der Waals surface area contributed by atoms with Crippen LogP contribution in [0.2, 0.25) is 0 Å². The van der Waals surface area contributed by atoms with Crippen LogP contribution in [0.1, 0.15) is 46.0 Å². The number of rotatable bonds is 9. The lowest BCUT2D eigenvalue weighted by atomic mass is 10.0. The standard InChI is InChI=1S/C12H23NO4/c1-12(2,17-3)9-10(14)13-8-6-4-5-7-11(15)16/h4-9H2,1-3H3,(H,13,14)(H,15,16). The van der Waals surface area contributed by atoms with E-state index in [-0.39, 0.29) is 12.3 Å². The predicted octanol–water partition coefficient (Wildman–Crippen LogP) is 1.56. The third-order valence-electron chi connectivity index (χ3n) is 2.53. The molecule has 0 unspecified atom stereocenters. The molecular formula is C12H23NO4. The summed E-state index contributed by atoms with van der Waals surface area (Å²) in [4.78, 5) is 21.7. The number of unbranched alkanes of at least 4 members (excludes halogenated alkanes) is 2. The zero-order valence-electron chi connectivity index (χ0n) is 10.9. The number of carbonyl (C=O) groups excluding carboxylic acids is 1. The molecule has 17 heavy (non-hydrogen) atoms. The predicted molar refractivity (Wildman–Crippen MR) is 64.8 cm³/mol. The highest BCUT2D eigenvalue weighted by Crippen LogP contribution is 2.12. The fourth-order valence-corrected chi connectivity index (χ4v) is 1.33. The van der Waals surface area contributed by atoms with Gasteiger partial charge in [-0.05, 0) is 26.7 Å². The van der Waals surface area contributed by atoms with Gasteiger partial charge in [0.1, 0.15) is 0 Å². The maximum absolute atomic E-state index is 11.5. The van der Waals surface area contributed by atoms with E-state index in [4.69, 9.17) is 9.84 Å². The molecule has 0 aliphatic heterocycles. The number of hydrogen-bond acceptors (Lipinski definition) is 3. The lowest BCUT2D eigenvalue weighted by molar-refractivity contribution is -0.137. The summed E-state index contributed by atoms with van der Waals surface area (Å²) < 4.78 is 5.15. The molecule has 0 spiro atoms. The molecule has 0 heterocycles. The van der Waals surface area contributed by atoms with Gasteiger partial charge < -0.3 is 15.2 Å². The Morgan fingerprint density at radius 1 is 1.24 bits per heavy atom. The molecule has 0 aromatic heterocycles. The minimum absolute atomic E-state index is 0.0323. The van der Waals surface area contributed by atoms with E-state index in [0.29, 0.717) is 19.4 Å². The summed E-state index contributed by atoms with van der Waals surface area (Å²) in [5.41, 5.74) is -0.437. The van der Waals surface area contributed by atoms with Crippen molar-refractivity contribution in [2.45, 2.75) is 51.6 Å². The van der Waals surface area contributed by atoms with Gasteiger partial charge >= 0.3 is 5.97 Å². The molecule has 0 rings (SSSR count). The van der Waals surface area contributed by atoms with Crippen LogP contribution in [0, 0.1) is 0 Å². The van der Waals surface area contributed by atoms with Crippen molar-refractivity contribution in [3.05, 3.63) is 0 Å². The van der Waals surface area contributed by atoms with E-state index in [0.717, 1.165) is 12.8 Å². The molecule has 0 atom stereocenters. The first-order valence-corrected chi connectivity index (χ1v) is 5.91. The fraction of sp³-hybridized carbons (Fsp3) is 0.833. The quantitative estimate of drug-likeness (QED) is 0.604. The number of carbonyl (C=O) groups is 2. The Balaban J connectivity index is 3.49. The van der Waals surface area contributed by atoms with Crippen LogP contribution in [-0.4, -0.2) is 36.2 Å². The smallest absolute Gasteiger partial charge is 0.303 e. The Morgan fingerprint density at radius 2 is 1.88 bits per heavy atom. The molecule has 0 radical (unpaired) electrons. The Kier molecular flexibility index (Phi) is 7.54. The molecule has 0 aliphatic rings. The third kappa shape index (κ3) is 9.81. The second kappa shape index (κ2) is 8.06. The molecule has 100 valence electrons. The molecule has 0 bridgehead atoms. The summed E-state index contributed by atoms with van der Waals surface area (Å²) in [6, 6.07) is 0. The van der Waals surface area contributed by atoms with Crippen LogP contribution in [-0.2, 0) is 14.3 Å². The van der Waals surface area contributed by atoms with E-state index >= 15 is 0 Å². The van der Waals surface area contributed by atoms with Crippen LogP contribution in [0.25, 0.3) is 0 Å². The summed E-state index contributed by atoms with van der Waals surface area (Å²) in [7, 11) is 1.58. The lowest BCUT2D eigenvalue weighted by Gasteiger charge is -2.21. The van der Waals surface area contributed by atoms with E-state index < -0.39 is 11.6 Å². The first-order valence-electron chi connectivity index (χ1n) is 5.91. The van der Waals surface area contributed by atoms with Gasteiger partial charge in [0.2, 0.25) is 5.91 Å². The van der Waals surface area contributed by atoms with Crippen LogP contribution in [0.15, 0.2) is 0 Å². The monoisotopic (exact) mass is 245 g/mol. The second-order valence-corrected chi connectivity index (χ2v) is 4.69. The van der Waals surface area contributed by atoms with Crippen LogP contribution >= 0.6 is 0 Å². The minimum Gasteiger partial charge on any atom is -0.481 e. The van der Waals surface area contributed by atoms with Crippen LogP contribution in [0.5, 0.6) is 0 Å². The minimum atomic E-state index is -0.768. The van der Waals surface area contributed by atoms with Crippen molar-refractivity contribution in [2.24, 2.45) is 0 Å². The van der Waals surface area contributed by atoms with Gasteiger partial charge in [-0.1, -0.05) is 6.42 Å². The number of aliphatic carboxylic acids is 1. The van der Waals surface area contributed by atoms with Crippen molar-refractivity contribution in [1.82, 2.24) is 5.32 Å². The largest absolute Gasteiger partial charge is 0.481 e. The second-order valence-electron chi connectivity index (χ2n) is 4.69. The topological polar surface area (TPSA) is 75.6 Å². The molecule has 0 aliphatic carbocycles. The summed E-state index contributed by atoms with van der Waals surface area (Å²) in [5, 5.41) is 11.2. The van der Waals surface area contributed by atoms with E-state index in [2.05, 4.69) is 5.32 Å². The van der Waals surface area contributed by atoms with Gasteiger partial charge in [0.15, 0.2) is 0 Å². The zero-order valence-corrected chi connectivity index (χ0v) is 10.9. The third-order valence-corrected chi connectivity index (χ3v) is 2.53. The van der Waals surface area contributed by atoms with Crippen LogP contribution in [0.3, 0.4) is 0 Å². The van der Waals surface area contributed by atoms with Crippen molar-refractivity contribution >= 4 is 11.9 Å². The fourth-order valence-electron chi connectivity index (χ4n) is 1.33. The molecule has 0 aromatic carbocycles. The summed E-state index contributed by atoms with van der Waals surface area (Å²) >= 11 is 0. The average molecular weight is 245 g/mol. The summed E-state index contributed by atoms with van der Waals surface area (Å²) in [6.07, 6.45) is 2.82. The maximum Gasteiger partial charge on any atom is 0.303 e. The van der Waals surface area contributed by atoms with Gasteiger partial charge in [0.25, 0.3) is 0 Å². The van der Waals surface area contributed by atoms with Gasteiger partial charge in [-0.2, -0.15) is 0 Å². The average Bonchev–Trinajstić information content (AvgIpc) is 2.22. The number of carboxylic acid groups (broad SMARTS) is 1. The molecule has 0 fully saturated rings. The van der Waals surface area contributed by atoms with E-state index in [1.165, 1.54) is 0 Å². The molecule has 5 nitrogen and oxygen atoms in total. The van der Waals surface area contributed by atoms with Crippen molar-refractivity contribution in [1.29, 1.82) is 0 Å². The van der Waals surface area contributed by atoms with Gasteiger partial charge in [0.05, 0.1) is 12.0 Å². The van der Waals surface area contributed by atoms with Crippen LogP contribution < -0.4 is 5.32 Å². The molecule has 1 amide bonds. The summed E-state index contributed by atoms with van der Waals surface area (Å²) in [5.74, 6) is -0.800. The molecule has 2 N–H and O–H groups in total. The Hall–Kier alpha value is -1.10. The van der Waals surface area contributed by atoms with Crippen LogP contribution in [0.4, 0.5) is 0 Å². The van der Waals surface area contributed by atoms with Crippen molar-refractivity contribution in [3.63, 3.8) is 0 Å². The van der Waals surface area contributed by atoms with Crippen molar-refractivity contribution in [3.8, 4) is 0 Å². The van der Waals surface area contributed by atoms with Gasteiger partial charge in [0, 0.05) is 20.1 Å². The highest BCUT2D eigenvalue weighted by Gasteiger charge is 2.20. The van der Waals surface area contributed by atoms with Crippen molar-refractivity contribution < 1.29 is 19.4 Å². The first kappa shape index (κ1) is 15.9. The SMILES string of the molecule is COC(C)(C)CC(=O)NCCCCCC(=O)O. The highest BCUT2D eigenvalue weighted by molar-refractivity contribution is 5.76. The molecule has 5 heteroatoms. The van der Waals surface area contributed by atoms with E-state index in [1.54, 1.807) is 7.11 Å². The molecular weight excluding hydrogens is 222 g/mol. The number of ether oxygens (including phenoxy) is 1. The first-order chi connectivity index (χ1) is 7.87. The Morgan fingerprint density at radius 3 is 2.41 bits per heavy atom. The number of methoxy groups -OCH3 is 1. The molecule has 0 saturated heterocycles. The normalized spacial score (nSPS) is 11.2. The number of hydrogen-bond donors (Lipinski definition) is 2. The van der Waals surface area contributed by atoms with E-state index in [9.17, 15) is 9.59 Å². The zero-order chi connectivity index (χ0) is 13.3. The van der Waals surface area contributed by atoms with Gasteiger partial charge in [-0.3, -0.25) is 9.59 Å². The van der Waals surface area contributed by atoms with Gasteiger partial charge in [-0.15, -0.1) is 0 Å². The van der Waals surface area contributed by atoms with E-state index in [1.807, 2.05) is 13.8 Å². The Bertz CT molecular complexity index is 251. The highest BCUT2D eigenvalue weighted by atomic mass is 16.5.